The SMILES string of the molecule is CCc1cc2c(cc1NC(C)C)CC1(CCC(N)CC1)C2.Cl. The van der Waals surface area contributed by atoms with Crippen molar-refractivity contribution in [2.75, 3.05) is 5.32 Å². The van der Waals surface area contributed by atoms with E-state index < -0.39 is 0 Å². The molecule has 1 saturated carbocycles. The topological polar surface area (TPSA) is 38.0 Å². The number of benzene rings is 1. The van der Waals surface area contributed by atoms with E-state index in [1.807, 2.05) is 0 Å². The Labute approximate surface area is 141 Å². The maximum atomic E-state index is 6.11. The van der Waals surface area contributed by atoms with Crippen LogP contribution >= 0.6 is 12.4 Å². The van der Waals surface area contributed by atoms with E-state index in [4.69, 9.17) is 5.73 Å². The second-order valence-corrected chi connectivity index (χ2v) is 7.62. The van der Waals surface area contributed by atoms with Gasteiger partial charge in [-0.05, 0) is 87.0 Å². The fraction of sp³-hybridized carbons (Fsp3) is 0.684. The molecule has 1 spiro atoms. The highest BCUT2D eigenvalue weighted by Crippen LogP contribution is 2.48. The van der Waals surface area contributed by atoms with Crippen LogP contribution in [-0.2, 0) is 19.3 Å². The molecular weight excluding hydrogens is 292 g/mol. The second kappa shape index (κ2) is 6.80. The van der Waals surface area contributed by atoms with E-state index >= 15 is 0 Å². The van der Waals surface area contributed by atoms with Gasteiger partial charge < -0.3 is 11.1 Å². The van der Waals surface area contributed by atoms with Crippen LogP contribution in [0.25, 0.3) is 0 Å². The van der Waals surface area contributed by atoms with E-state index in [2.05, 4.69) is 38.2 Å². The van der Waals surface area contributed by atoms with Gasteiger partial charge in [0.15, 0.2) is 0 Å². The number of fused-ring (bicyclic) bond motifs is 1. The molecule has 0 atom stereocenters. The van der Waals surface area contributed by atoms with Gasteiger partial charge in [0.2, 0.25) is 0 Å². The van der Waals surface area contributed by atoms with Gasteiger partial charge in [0.25, 0.3) is 0 Å². The van der Waals surface area contributed by atoms with Crippen LogP contribution in [0.5, 0.6) is 0 Å². The smallest absolute Gasteiger partial charge is 0.0377 e. The summed E-state index contributed by atoms with van der Waals surface area (Å²) in [6.07, 6.45) is 8.72. The number of anilines is 1. The van der Waals surface area contributed by atoms with Crippen molar-refractivity contribution < 1.29 is 0 Å². The summed E-state index contributed by atoms with van der Waals surface area (Å²) < 4.78 is 0. The molecule has 0 unspecified atom stereocenters. The maximum Gasteiger partial charge on any atom is 0.0377 e. The summed E-state index contributed by atoms with van der Waals surface area (Å²) in [6.45, 7) is 6.70. The van der Waals surface area contributed by atoms with Crippen LogP contribution in [0.2, 0.25) is 0 Å². The third-order valence-corrected chi connectivity index (χ3v) is 5.47. The molecule has 0 aliphatic heterocycles. The van der Waals surface area contributed by atoms with E-state index in [1.165, 1.54) is 49.8 Å². The van der Waals surface area contributed by atoms with Gasteiger partial charge in [-0.1, -0.05) is 13.0 Å². The van der Waals surface area contributed by atoms with Gasteiger partial charge in [-0.3, -0.25) is 0 Å². The molecule has 1 aromatic rings. The predicted molar refractivity (Wildman–Crippen MR) is 98.1 cm³/mol. The molecule has 0 bridgehead atoms. The highest BCUT2D eigenvalue weighted by molar-refractivity contribution is 5.85. The molecule has 3 N–H and O–H groups in total. The minimum absolute atomic E-state index is 0. The largest absolute Gasteiger partial charge is 0.383 e. The van der Waals surface area contributed by atoms with Gasteiger partial charge in [0.1, 0.15) is 0 Å². The summed E-state index contributed by atoms with van der Waals surface area (Å²) in [5.74, 6) is 0. The van der Waals surface area contributed by atoms with Crippen LogP contribution in [-0.4, -0.2) is 12.1 Å². The molecule has 0 amide bonds. The number of hydrogen-bond donors (Lipinski definition) is 2. The number of hydrogen-bond acceptors (Lipinski definition) is 2. The Kier molecular flexibility index (Phi) is 5.45. The Morgan fingerprint density at radius 2 is 1.77 bits per heavy atom. The minimum atomic E-state index is 0. The number of nitrogens with one attached hydrogen (secondary N) is 1. The van der Waals surface area contributed by atoms with E-state index in [9.17, 15) is 0 Å². The predicted octanol–water partition coefficient (Wildman–Crippen LogP) is 4.48. The molecular formula is C19H31ClN2. The summed E-state index contributed by atoms with van der Waals surface area (Å²) in [4.78, 5) is 0. The molecule has 2 aliphatic rings. The molecule has 3 heteroatoms. The lowest BCUT2D eigenvalue weighted by Gasteiger charge is -2.36. The molecule has 1 fully saturated rings. The summed E-state index contributed by atoms with van der Waals surface area (Å²) in [5, 5.41) is 3.63. The first-order valence-electron chi connectivity index (χ1n) is 8.68. The monoisotopic (exact) mass is 322 g/mol. The van der Waals surface area contributed by atoms with Crippen LogP contribution < -0.4 is 11.1 Å². The highest BCUT2D eigenvalue weighted by atomic mass is 35.5. The Morgan fingerprint density at radius 3 is 2.32 bits per heavy atom. The van der Waals surface area contributed by atoms with E-state index in [-0.39, 0.29) is 12.4 Å². The van der Waals surface area contributed by atoms with Crippen molar-refractivity contribution >= 4 is 18.1 Å². The minimum Gasteiger partial charge on any atom is -0.383 e. The third-order valence-electron chi connectivity index (χ3n) is 5.47. The molecule has 3 rings (SSSR count). The third kappa shape index (κ3) is 3.44. The Balaban J connectivity index is 0.00000176. The molecule has 0 radical (unpaired) electrons. The van der Waals surface area contributed by atoms with Gasteiger partial charge in [0.05, 0.1) is 0 Å². The van der Waals surface area contributed by atoms with Crippen LogP contribution in [0, 0.1) is 5.41 Å². The Bertz CT molecular complexity index is 516. The number of aryl methyl sites for hydroxylation is 1. The molecule has 124 valence electrons. The van der Waals surface area contributed by atoms with E-state index in [0.717, 1.165) is 6.42 Å². The molecule has 1 aromatic carbocycles. The van der Waals surface area contributed by atoms with Crippen LogP contribution in [0.4, 0.5) is 5.69 Å². The lowest BCUT2D eigenvalue weighted by atomic mass is 9.71. The van der Waals surface area contributed by atoms with Gasteiger partial charge >= 0.3 is 0 Å². The molecule has 0 saturated heterocycles. The lowest BCUT2D eigenvalue weighted by Crippen LogP contribution is -2.34. The maximum absolute atomic E-state index is 6.11. The summed E-state index contributed by atoms with van der Waals surface area (Å²) in [5.41, 5.74) is 12.7. The summed E-state index contributed by atoms with van der Waals surface area (Å²) >= 11 is 0. The number of nitrogens with two attached hydrogens (primary N) is 1. The summed E-state index contributed by atoms with van der Waals surface area (Å²) in [6, 6.07) is 5.86. The Hall–Kier alpha value is -0.730. The van der Waals surface area contributed by atoms with Gasteiger partial charge in [-0.2, -0.15) is 0 Å². The van der Waals surface area contributed by atoms with E-state index in [0.29, 0.717) is 17.5 Å². The quantitative estimate of drug-likeness (QED) is 0.861. The average Bonchev–Trinajstić information content (AvgIpc) is 2.78. The highest BCUT2D eigenvalue weighted by Gasteiger charge is 2.39. The van der Waals surface area contributed by atoms with Gasteiger partial charge in [-0.15, -0.1) is 12.4 Å². The zero-order chi connectivity index (χ0) is 15.0. The van der Waals surface area contributed by atoms with Crippen molar-refractivity contribution in [1.82, 2.24) is 0 Å². The van der Waals surface area contributed by atoms with Crippen molar-refractivity contribution in [3.63, 3.8) is 0 Å². The number of rotatable bonds is 3. The first kappa shape index (κ1) is 17.6. The molecule has 2 aliphatic carbocycles. The van der Waals surface area contributed by atoms with Crippen molar-refractivity contribution in [2.45, 2.75) is 77.8 Å². The lowest BCUT2D eigenvalue weighted by molar-refractivity contribution is 0.187. The zero-order valence-electron chi connectivity index (χ0n) is 14.2. The summed E-state index contributed by atoms with van der Waals surface area (Å²) in [7, 11) is 0. The first-order valence-corrected chi connectivity index (χ1v) is 8.68. The zero-order valence-corrected chi connectivity index (χ0v) is 15.1. The normalized spacial score (nSPS) is 26.9. The molecule has 0 aromatic heterocycles. The Morgan fingerprint density at radius 1 is 1.18 bits per heavy atom. The second-order valence-electron chi connectivity index (χ2n) is 7.62. The molecule has 22 heavy (non-hydrogen) atoms. The average molecular weight is 323 g/mol. The van der Waals surface area contributed by atoms with Crippen molar-refractivity contribution in [3.05, 3.63) is 28.8 Å². The van der Waals surface area contributed by atoms with Crippen LogP contribution in [0.15, 0.2) is 12.1 Å². The fourth-order valence-electron chi connectivity index (χ4n) is 4.28. The van der Waals surface area contributed by atoms with Crippen LogP contribution in [0.1, 0.15) is 63.1 Å². The molecule has 2 nitrogen and oxygen atoms in total. The van der Waals surface area contributed by atoms with Crippen molar-refractivity contribution in [3.8, 4) is 0 Å². The van der Waals surface area contributed by atoms with Crippen LogP contribution in [0.3, 0.4) is 0 Å². The number of halogens is 1. The van der Waals surface area contributed by atoms with E-state index in [1.54, 1.807) is 11.1 Å². The van der Waals surface area contributed by atoms with Crippen molar-refractivity contribution in [2.24, 2.45) is 11.1 Å². The van der Waals surface area contributed by atoms with Gasteiger partial charge in [-0.25, -0.2) is 0 Å². The molecule has 0 heterocycles. The fourth-order valence-corrected chi connectivity index (χ4v) is 4.28. The first-order chi connectivity index (χ1) is 10.0. The van der Waals surface area contributed by atoms with Crippen molar-refractivity contribution in [1.29, 1.82) is 0 Å². The standard InChI is InChI=1S/C19H30N2.ClH/c1-4-14-9-15-11-19(7-5-17(20)6-8-19)12-16(15)10-18(14)21-13(2)3;/h9-10,13,17,21H,4-8,11-12,20H2,1-3H3;1H. The van der Waals surface area contributed by atoms with Gasteiger partial charge in [0, 0.05) is 17.8 Å².